The first kappa shape index (κ1) is 12.3. The highest BCUT2D eigenvalue weighted by molar-refractivity contribution is 6.31. The molecule has 1 aromatic carbocycles. The fourth-order valence-corrected chi connectivity index (χ4v) is 2.22. The highest BCUT2D eigenvalue weighted by Crippen LogP contribution is 2.22. The zero-order chi connectivity index (χ0) is 12.4. The number of carbonyl (C=O) groups excluding carboxylic acids is 1. The number of likely N-dealkylation sites (tertiary alicyclic amines) is 1. The largest absolute Gasteiger partial charge is 0.338 e. The quantitative estimate of drug-likeness (QED) is 0.879. The Morgan fingerprint density at radius 2 is 2.35 bits per heavy atom. The van der Waals surface area contributed by atoms with Gasteiger partial charge in [0.05, 0.1) is 10.6 Å². The predicted molar refractivity (Wildman–Crippen MR) is 64.5 cm³/mol. The Morgan fingerprint density at radius 1 is 1.59 bits per heavy atom. The van der Waals surface area contributed by atoms with E-state index in [1.807, 2.05) is 0 Å². The van der Waals surface area contributed by atoms with Crippen molar-refractivity contribution in [2.24, 2.45) is 11.7 Å². The van der Waals surface area contributed by atoms with Crippen LogP contribution in [0.1, 0.15) is 16.8 Å². The molecule has 1 aliphatic rings. The molecule has 3 nitrogen and oxygen atoms in total. The Labute approximate surface area is 104 Å². The summed E-state index contributed by atoms with van der Waals surface area (Å²) in [6.45, 7) is 1.79. The van der Waals surface area contributed by atoms with Crippen LogP contribution in [-0.4, -0.2) is 30.4 Å². The Morgan fingerprint density at radius 3 is 3.00 bits per heavy atom. The first-order valence-electron chi connectivity index (χ1n) is 5.57. The molecule has 1 heterocycles. The first-order valence-corrected chi connectivity index (χ1v) is 5.94. The van der Waals surface area contributed by atoms with Crippen molar-refractivity contribution in [1.82, 2.24) is 4.90 Å². The summed E-state index contributed by atoms with van der Waals surface area (Å²) in [5.41, 5.74) is 5.59. The molecule has 1 aromatic rings. The van der Waals surface area contributed by atoms with Crippen LogP contribution < -0.4 is 5.73 Å². The Bertz CT molecular complexity index is 439. The van der Waals surface area contributed by atoms with Crippen LogP contribution in [0.5, 0.6) is 0 Å². The minimum atomic E-state index is -0.643. The molecule has 5 heteroatoms. The zero-order valence-corrected chi connectivity index (χ0v) is 10.1. The van der Waals surface area contributed by atoms with E-state index in [9.17, 15) is 9.18 Å². The number of nitrogens with two attached hydrogens (primary N) is 1. The van der Waals surface area contributed by atoms with Crippen molar-refractivity contribution in [3.05, 3.63) is 34.6 Å². The highest BCUT2D eigenvalue weighted by Gasteiger charge is 2.27. The lowest BCUT2D eigenvalue weighted by Gasteiger charge is -2.16. The van der Waals surface area contributed by atoms with Gasteiger partial charge in [-0.15, -0.1) is 0 Å². The predicted octanol–water partition coefficient (Wildman–Crippen LogP) is 1.90. The highest BCUT2D eigenvalue weighted by atomic mass is 35.5. The molecule has 1 unspecified atom stereocenters. The van der Waals surface area contributed by atoms with E-state index in [1.165, 1.54) is 12.1 Å². The number of benzene rings is 1. The molecule has 2 N–H and O–H groups in total. The number of hydrogen-bond acceptors (Lipinski definition) is 2. The van der Waals surface area contributed by atoms with Gasteiger partial charge < -0.3 is 10.6 Å². The standard InChI is InChI=1S/C12H14ClFN2O/c13-10-3-1-2-9(11(10)14)12(17)16-5-4-8(6-15)7-16/h1-3,8H,4-7,15H2. The second-order valence-electron chi connectivity index (χ2n) is 4.24. The molecule has 1 aliphatic heterocycles. The monoisotopic (exact) mass is 256 g/mol. The molecule has 0 radical (unpaired) electrons. The molecule has 92 valence electrons. The van der Waals surface area contributed by atoms with Gasteiger partial charge in [0.25, 0.3) is 5.91 Å². The Hall–Kier alpha value is -1.13. The van der Waals surface area contributed by atoms with Crippen LogP contribution in [0, 0.1) is 11.7 Å². The topological polar surface area (TPSA) is 46.3 Å². The summed E-state index contributed by atoms with van der Waals surface area (Å²) in [5.74, 6) is -0.627. The minimum Gasteiger partial charge on any atom is -0.338 e. The number of halogens is 2. The van der Waals surface area contributed by atoms with Crippen LogP contribution >= 0.6 is 11.6 Å². The summed E-state index contributed by atoms with van der Waals surface area (Å²) >= 11 is 5.65. The van der Waals surface area contributed by atoms with Crippen LogP contribution in [0.2, 0.25) is 5.02 Å². The maximum Gasteiger partial charge on any atom is 0.256 e. The summed E-state index contributed by atoms with van der Waals surface area (Å²) in [6, 6.07) is 4.47. The lowest BCUT2D eigenvalue weighted by atomic mass is 10.1. The molecule has 1 saturated heterocycles. The summed E-state index contributed by atoms with van der Waals surface area (Å²) in [7, 11) is 0. The lowest BCUT2D eigenvalue weighted by molar-refractivity contribution is 0.0783. The smallest absolute Gasteiger partial charge is 0.256 e. The van der Waals surface area contributed by atoms with Gasteiger partial charge in [0.15, 0.2) is 5.82 Å². The van der Waals surface area contributed by atoms with E-state index in [2.05, 4.69) is 0 Å². The fraction of sp³-hybridized carbons (Fsp3) is 0.417. The van der Waals surface area contributed by atoms with Gasteiger partial charge in [0.2, 0.25) is 0 Å². The Kier molecular flexibility index (Phi) is 3.64. The van der Waals surface area contributed by atoms with Crippen molar-refractivity contribution in [2.45, 2.75) is 6.42 Å². The molecule has 2 rings (SSSR count). The van der Waals surface area contributed by atoms with Crippen molar-refractivity contribution < 1.29 is 9.18 Å². The first-order chi connectivity index (χ1) is 8.13. The normalized spacial score (nSPS) is 19.7. The molecular weight excluding hydrogens is 243 g/mol. The van der Waals surface area contributed by atoms with E-state index >= 15 is 0 Å². The third-order valence-corrected chi connectivity index (χ3v) is 3.38. The molecule has 0 aromatic heterocycles. The molecular formula is C12H14ClFN2O. The molecule has 1 fully saturated rings. The third kappa shape index (κ3) is 2.42. The van der Waals surface area contributed by atoms with Crippen LogP contribution in [0.15, 0.2) is 18.2 Å². The van der Waals surface area contributed by atoms with Gasteiger partial charge in [-0.1, -0.05) is 17.7 Å². The van der Waals surface area contributed by atoms with Gasteiger partial charge in [-0.2, -0.15) is 0 Å². The number of nitrogens with zero attached hydrogens (tertiary/aromatic N) is 1. The fourth-order valence-electron chi connectivity index (χ4n) is 2.05. The van der Waals surface area contributed by atoms with E-state index in [1.54, 1.807) is 11.0 Å². The third-order valence-electron chi connectivity index (χ3n) is 3.09. The number of hydrogen-bond donors (Lipinski definition) is 1. The number of amides is 1. The Balaban J connectivity index is 2.18. The molecule has 0 bridgehead atoms. The van der Waals surface area contributed by atoms with Crippen LogP contribution in [0.3, 0.4) is 0 Å². The number of carbonyl (C=O) groups is 1. The van der Waals surface area contributed by atoms with Crippen LogP contribution in [-0.2, 0) is 0 Å². The molecule has 17 heavy (non-hydrogen) atoms. The van der Waals surface area contributed by atoms with E-state index in [4.69, 9.17) is 17.3 Å². The van der Waals surface area contributed by atoms with E-state index in [0.717, 1.165) is 6.42 Å². The lowest BCUT2D eigenvalue weighted by Crippen LogP contribution is -2.30. The van der Waals surface area contributed by atoms with Crippen molar-refractivity contribution in [1.29, 1.82) is 0 Å². The van der Waals surface area contributed by atoms with Crippen molar-refractivity contribution >= 4 is 17.5 Å². The molecule has 0 saturated carbocycles. The van der Waals surface area contributed by atoms with E-state index in [0.29, 0.717) is 25.6 Å². The zero-order valence-electron chi connectivity index (χ0n) is 9.33. The maximum atomic E-state index is 13.7. The second kappa shape index (κ2) is 5.02. The summed E-state index contributed by atoms with van der Waals surface area (Å²) in [5, 5.41) is -0.0228. The second-order valence-corrected chi connectivity index (χ2v) is 4.65. The molecule has 1 amide bonds. The van der Waals surface area contributed by atoms with Crippen molar-refractivity contribution in [3.8, 4) is 0 Å². The van der Waals surface area contributed by atoms with Gasteiger partial charge in [-0.3, -0.25) is 4.79 Å². The van der Waals surface area contributed by atoms with Crippen LogP contribution in [0.25, 0.3) is 0 Å². The van der Waals surface area contributed by atoms with Crippen molar-refractivity contribution in [2.75, 3.05) is 19.6 Å². The SMILES string of the molecule is NCC1CCN(C(=O)c2cccc(Cl)c2F)C1. The van der Waals surface area contributed by atoms with E-state index in [-0.39, 0.29) is 16.5 Å². The summed E-state index contributed by atoms with van der Waals surface area (Å²) in [4.78, 5) is 13.7. The van der Waals surface area contributed by atoms with Gasteiger partial charge in [-0.25, -0.2) is 4.39 Å². The van der Waals surface area contributed by atoms with Gasteiger partial charge in [0, 0.05) is 13.1 Å². The van der Waals surface area contributed by atoms with Crippen molar-refractivity contribution in [3.63, 3.8) is 0 Å². The average Bonchev–Trinajstić information content (AvgIpc) is 2.80. The van der Waals surface area contributed by atoms with Gasteiger partial charge >= 0.3 is 0 Å². The minimum absolute atomic E-state index is 0.0228. The maximum absolute atomic E-state index is 13.7. The van der Waals surface area contributed by atoms with Gasteiger partial charge in [0.1, 0.15) is 0 Å². The molecule has 0 aliphatic carbocycles. The number of rotatable bonds is 2. The summed E-state index contributed by atoms with van der Waals surface area (Å²) < 4.78 is 13.7. The van der Waals surface area contributed by atoms with Gasteiger partial charge in [-0.05, 0) is 31.0 Å². The molecule has 0 spiro atoms. The van der Waals surface area contributed by atoms with E-state index < -0.39 is 5.82 Å². The summed E-state index contributed by atoms with van der Waals surface area (Å²) in [6.07, 6.45) is 0.879. The molecule has 1 atom stereocenters. The van der Waals surface area contributed by atoms with Crippen LogP contribution in [0.4, 0.5) is 4.39 Å². The average molecular weight is 257 g/mol.